The van der Waals surface area contributed by atoms with Crippen molar-refractivity contribution >= 4 is 28.7 Å². The molecule has 2 fully saturated rings. The Morgan fingerprint density at radius 2 is 2.02 bits per heavy atom. The Bertz CT molecular complexity index is 2000. The van der Waals surface area contributed by atoms with Crippen molar-refractivity contribution in [2.45, 2.75) is 30.1 Å². The second-order valence-corrected chi connectivity index (χ2v) is 13.1. The van der Waals surface area contributed by atoms with Gasteiger partial charge in [0.15, 0.2) is 11.6 Å². The molecular formula is C35H31F3N4O2S. The lowest BCUT2D eigenvalue weighted by Gasteiger charge is -2.34. The van der Waals surface area contributed by atoms with E-state index in [4.69, 9.17) is 9.47 Å². The number of rotatable bonds is 6. The molecular weight excluding hydrogens is 597 g/mol. The van der Waals surface area contributed by atoms with Crippen LogP contribution in [0.2, 0.25) is 0 Å². The topological polar surface area (TPSA) is 66.2 Å². The van der Waals surface area contributed by atoms with Crippen molar-refractivity contribution in [3.63, 3.8) is 0 Å². The summed E-state index contributed by atoms with van der Waals surface area (Å²) in [6.45, 7) is 5.49. The highest BCUT2D eigenvalue weighted by Gasteiger charge is 2.37. The Balaban J connectivity index is 1.25. The van der Waals surface area contributed by atoms with Crippen LogP contribution in [0.1, 0.15) is 36.6 Å². The van der Waals surface area contributed by atoms with Crippen molar-refractivity contribution in [3.05, 3.63) is 94.7 Å². The minimum Gasteiger partial charge on any atom is -0.493 e. The summed E-state index contributed by atoms with van der Waals surface area (Å²) >= 11 is 1.26. The van der Waals surface area contributed by atoms with E-state index in [2.05, 4.69) is 26.8 Å². The van der Waals surface area contributed by atoms with Crippen LogP contribution in [0.25, 0.3) is 28.4 Å². The van der Waals surface area contributed by atoms with E-state index in [9.17, 15) is 0 Å². The lowest BCUT2D eigenvalue weighted by molar-refractivity contribution is 0.241. The number of benzene rings is 3. The van der Waals surface area contributed by atoms with Crippen molar-refractivity contribution in [1.29, 1.82) is 0 Å². The monoisotopic (exact) mass is 628 g/mol. The molecule has 10 heteroatoms. The molecule has 0 aliphatic carbocycles. The molecule has 3 aliphatic heterocycles. The molecule has 3 aliphatic rings. The highest BCUT2D eigenvalue weighted by molar-refractivity contribution is 7.99. The first kappa shape index (κ1) is 28.3. The van der Waals surface area contributed by atoms with Crippen molar-refractivity contribution in [1.82, 2.24) is 19.9 Å². The number of aromatic nitrogens is 3. The number of nitrogens with one attached hydrogen (secondary N) is 2. The molecule has 3 aromatic carbocycles. The summed E-state index contributed by atoms with van der Waals surface area (Å²) in [6.07, 6.45) is 8.80. The summed E-state index contributed by atoms with van der Waals surface area (Å²) in [5.41, 5.74) is 3.34. The van der Waals surface area contributed by atoms with Crippen LogP contribution < -0.4 is 9.47 Å². The average Bonchev–Trinajstić information content (AvgIpc) is 3.87. The Morgan fingerprint density at radius 1 is 1.16 bits per heavy atom. The Kier molecular flexibility index (Phi) is 6.76. The fraction of sp³-hybridized carbons (Fsp3) is 0.286. The van der Waals surface area contributed by atoms with Gasteiger partial charge in [-0.15, -0.1) is 11.8 Å². The average molecular weight is 629 g/mol. The SMILES string of the molecule is CSc1c(Oc2cc(-c3ncc(C4(C)CCOc5ccccc54)[nH]3)c(F)cc2/C=C2/CN3CCC2C3)c(F)c(F)c2[nH]ccc12. The van der Waals surface area contributed by atoms with E-state index in [1.165, 1.54) is 23.4 Å². The van der Waals surface area contributed by atoms with Crippen LogP contribution in [0.15, 0.2) is 65.3 Å². The first-order valence-corrected chi connectivity index (χ1v) is 16.3. The molecule has 0 saturated carbocycles. The number of hydrogen-bond donors (Lipinski definition) is 2. The highest BCUT2D eigenvalue weighted by atomic mass is 32.2. The van der Waals surface area contributed by atoms with Gasteiger partial charge in [-0.25, -0.2) is 13.8 Å². The van der Waals surface area contributed by atoms with Gasteiger partial charge in [0.25, 0.3) is 0 Å². The van der Waals surface area contributed by atoms with Crippen LogP contribution in [0, 0.1) is 23.4 Å². The number of halogens is 3. The lowest BCUT2D eigenvalue weighted by atomic mass is 9.75. The number of hydrogen-bond acceptors (Lipinski definition) is 5. The van der Waals surface area contributed by atoms with Crippen LogP contribution in [0.4, 0.5) is 13.2 Å². The third kappa shape index (κ3) is 4.56. The van der Waals surface area contributed by atoms with Gasteiger partial charge >= 0.3 is 0 Å². The molecule has 5 heterocycles. The predicted molar refractivity (Wildman–Crippen MR) is 170 cm³/mol. The van der Waals surface area contributed by atoms with Crippen molar-refractivity contribution in [3.8, 4) is 28.6 Å². The number of piperidine rings is 1. The molecule has 8 rings (SSSR count). The van der Waals surface area contributed by atoms with Crippen LogP contribution in [0.5, 0.6) is 17.2 Å². The number of thioether (sulfide) groups is 1. The van der Waals surface area contributed by atoms with Crippen LogP contribution in [-0.2, 0) is 5.41 Å². The quantitative estimate of drug-likeness (QED) is 0.185. The van der Waals surface area contributed by atoms with Crippen molar-refractivity contribution < 1.29 is 22.6 Å². The fourth-order valence-electron chi connectivity index (χ4n) is 7.12. The number of nitrogens with zero attached hydrogens (tertiary/aromatic N) is 2. The van der Waals surface area contributed by atoms with Gasteiger partial charge in [-0.2, -0.15) is 4.39 Å². The molecule has 0 spiro atoms. The second kappa shape index (κ2) is 10.7. The van der Waals surface area contributed by atoms with E-state index >= 15 is 13.2 Å². The number of ether oxygens (including phenoxy) is 2. The van der Waals surface area contributed by atoms with E-state index in [-0.39, 0.29) is 22.6 Å². The van der Waals surface area contributed by atoms with E-state index in [1.54, 1.807) is 30.8 Å². The smallest absolute Gasteiger partial charge is 0.204 e. The van der Waals surface area contributed by atoms with Crippen LogP contribution >= 0.6 is 11.8 Å². The van der Waals surface area contributed by atoms with Gasteiger partial charge in [-0.05, 0) is 62.7 Å². The number of aromatic amines is 2. The number of imidazole rings is 1. The van der Waals surface area contributed by atoms with Gasteiger partial charge in [-0.1, -0.05) is 29.8 Å². The minimum atomic E-state index is -1.10. The number of H-pyrrole nitrogens is 2. The Hall–Kier alpha value is -4.15. The summed E-state index contributed by atoms with van der Waals surface area (Å²) in [7, 11) is 0. The van der Waals surface area contributed by atoms with E-state index in [0.717, 1.165) is 49.5 Å². The van der Waals surface area contributed by atoms with Gasteiger partial charge in [0.1, 0.15) is 23.1 Å². The van der Waals surface area contributed by atoms with Gasteiger partial charge in [0.2, 0.25) is 5.82 Å². The maximum Gasteiger partial charge on any atom is 0.204 e. The molecule has 2 N–H and O–H groups in total. The molecule has 6 nitrogen and oxygen atoms in total. The van der Waals surface area contributed by atoms with E-state index < -0.39 is 22.9 Å². The highest BCUT2D eigenvalue weighted by Crippen LogP contribution is 2.46. The summed E-state index contributed by atoms with van der Waals surface area (Å²) in [6, 6.07) is 12.5. The zero-order chi connectivity index (χ0) is 30.9. The predicted octanol–water partition coefficient (Wildman–Crippen LogP) is 8.30. The molecule has 0 radical (unpaired) electrons. The maximum atomic E-state index is 16.0. The number of fused-ring (bicyclic) bond motifs is 4. The minimum absolute atomic E-state index is 0.0775. The normalized spacial score (nSPS) is 23.1. The van der Waals surface area contributed by atoms with Gasteiger partial charge in [-0.3, -0.25) is 4.90 Å². The standard InChI is InChI=1S/C35H31F3N4O2S/c1-35(9-12-43-26-6-4-3-5-24(26)35)28-16-40-34(41-28)23-15-27(20(14-25(23)36)13-21-18-42-11-8-19(21)17-42)44-32-30(38)29(37)31-22(7-10-39-31)33(32)45-2/h3-7,10,13-16,19,39H,8-9,11-12,17-18H2,1-2H3,(H,40,41)/b21-13-. The van der Waals surface area contributed by atoms with Gasteiger partial charge in [0, 0.05) is 53.1 Å². The number of para-hydroxylation sites is 1. The first-order chi connectivity index (χ1) is 21.8. The zero-order valence-corrected chi connectivity index (χ0v) is 25.7. The van der Waals surface area contributed by atoms with Crippen molar-refractivity contribution in [2.24, 2.45) is 5.92 Å². The lowest BCUT2D eigenvalue weighted by Crippen LogP contribution is -2.31. The second-order valence-electron chi connectivity index (χ2n) is 12.2. The molecule has 2 bridgehead atoms. The zero-order valence-electron chi connectivity index (χ0n) is 24.8. The first-order valence-electron chi connectivity index (χ1n) is 15.1. The van der Waals surface area contributed by atoms with Crippen molar-refractivity contribution in [2.75, 3.05) is 32.5 Å². The molecule has 2 aromatic heterocycles. The van der Waals surface area contributed by atoms with Gasteiger partial charge in [0.05, 0.1) is 22.6 Å². The summed E-state index contributed by atoms with van der Waals surface area (Å²) in [5, 5.41) is 0.514. The molecule has 2 saturated heterocycles. The van der Waals surface area contributed by atoms with Crippen LogP contribution in [0.3, 0.4) is 0 Å². The summed E-state index contributed by atoms with van der Waals surface area (Å²) < 4.78 is 59.0. The summed E-state index contributed by atoms with van der Waals surface area (Å²) in [4.78, 5) is 13.6. The Morgan fingerprint density at radius 3 is 2.82 bits per heavy atom. The van der Waals surface area contributed by atoms with Gasteiger partial charge < -0.3 is 19.4 Å². The maximum absolute atomic E-state index is 16.0. The molecule has 45 heavy (non-hydrogen) atoms. The molecule has 0 amide bonds. The van der Waals surface area contributed by atoms with E-state index in [0.29, 0.717) is 34.2 Å². The van der Waals surface area contributed by atoms with Crippen LogP contribution in [-0.4, -0.2) is 52.3 Å². The van der Waals surface area contributed by atoms with E-state index in [1.807, 2.05) is 30.3 Å². The summed E-state index contributed by atoms with van der Waals surface area (Å²) in [5.74, 6) is -1.09. The molecule has 230 valence electrons. The third-order valence-electron chi connectivity index (χ3n) is 9.64. The Labute approximate surface area is 262 Å². The molecule has 5 aromatic rings. The fourth-order valence-corrected chi connectivity index (χ4v) is 7.83. The third-order valence-corrected chi connectivity index (χ3v) is 10.4. The largest absolute Gasteiger partial charge is 0.493 e. The molecule has 3 atom stereocenters. The molecule has 3 unspecified atom stereocenters.